The van der Waals surface area contributed by atoms with Gasteiger partial charge in [0, 0.05) is 30.7 Å². The van der Waals surface area contributed by atoms with Crippen molar-refractivity contribution >= 4 is 18.5 Å². The largest absolute Gasteiger partial charge is 0.383 e. The van der Waals surface area contributed by atoms with Crippen molar-refractivity contribution in [1.29, 1.82) is 0 Å². The van der Waals surface area contributed by atoms with E-state index in [-0.39, 0.29) is 10.8 Å². The van der Waals surface area contributed by atoms with Crippen molar-refractivity contribution in [3.8, 4) is 0 Å². The molecule has 0 fully saturated rings. The van der Waals surface area contributed by atoms with Crippen molar-refractivity contribution in [3.05, 3.63) is 29.6 Å². The van der Waals surface area contributed by atoms with Crippen LogP contribution in [0.5, 0.6) is 0 Å². The second-order valence-corrected chi connectivity index (χ2v) is 4.03. The normalized spacial score (nSPS) is 10.4. The van der Waals surface area contributed by atoms with Gasteiger partial charge in [0.25, 0.3) is 5.91 Å². The second-order valence-electron chi connectivity index (χ2n) is 3.54. The number of amides is 1. The van der Waals surface area contributed by atoms with Crippen LogP contribution in [0.15, 0.2) is 23.1 Å². The molecule has 0 spiro atoms. The van der Waals surface area contributed by atoms with Gasteiger partial charge in [-0.2, -0.15) is 0 Å². The Bertz CT molecular complexity index is 398. The highest BCUT2D eigenvalue weighted by Crippen LogP contribution is 2.15. The number of hydrogen-bond acceptors (Lipinski definition) is 3. The van der Waals surface area contributed by atoms with E-state index in [0.29, 0.717) is 25.3 Å². The minimum absolute atomic E-state index is 0.139. The molecule has 17 heavy (non-hydrogen) atoms. The van der Waals surface area contributed by atoms with Gasteiger partial charge in [0.2, 0.25) is 0 Å². The zero-order valence-corrected chi connectivity index (χ0v) is 10.8. The summed E-state index contributed by atoms with van der Waals surface area (Å²) >= 11 is 3.96. The van der Waals surface area contributed by atoms with Crippen LogP contribution >= 0.6 is 12.6 Å². The van der Waals surface area contributed by atoms with Crippen molar-refractivity contribution in [2.75, 3.05) is 26.8 Å². The zero-order valence-electron chi connectivity index (χ0n) is 9.94. The molecule has 0 N–H and O–H groups in total. The number of nitrogens with zero attached hydrogens (tertiary/aromatic N) is 1. The molecule has 0 unspecified atom stereocenters. The number of rotatable bonds is 5. The summed E-state index contributed by atoms with van der Waals surface area (Å²) in [6, 6.07) is 4.16. The first-order valence-corrected chi connectivity index (χ1v) is 5.81. The summed E-state index contributed by atoms with van der Waals surface area (Å²) in [5, 5.41) is 0. The summed E-state index contributed by atoms with van der Waals surface area (Å²) in [5.74, 6) is -0.565. The Morgan fingerprint density at radius 3 is 2.76 bits per heavy atom. The van der Waals surface area contributed by atoms with Gasteiger partial charge in [-0.05, 0) is 25.1 Å². The molecule has 0 saturated carbocycles. The lowest BCUT2D eigenvalue weighted by Crippen LogP contribution is -2.33. The van der Waals surface area contributed by atoms with Crippen LogP contribution in [0, 0.1) is 5.82 Å². The van der Waals surface area contributed by atoms with E-state index in [9.17, 15) is 9.18 Å². The third kappa shape index (κ3) is 3.71. The Morgan fingerprint density at radius 2 is 2.24 bits per heavy atom. The first-order chi connectivity index (χ1) is 8.10. The van der Waals surface area contributed by atoms with Crippen molar-refractivity contribution < 1.29 is 13.9 Å². The van der Waals surface area contributed by atoms with Crippen LogP contribution < -0.4 is 0 Å². The summed E-state index contributed by atoms with van der Waals surface area (Å²) in [6.07, 6.45) is 0. The molecule has 0 aliphatic rings. The number of methoxy groups -OCH3 is 1. The van der Waals surface area contributed by atoms with Crippen molar-refractivity contribution in [3.63, 3.8) is 0 Å². The van der Waals surface area contributed by atoms with E-state index in [2.05, 4.69) is 12.6 Å². The number of halogens is 1. The first-order valence-electron chi connectivity index (χ1n) is 5.36. The number of ether oxygens (including phenoxy) is 1. The van der Waals surface area contributed by atoms with Gasteiger partial charge in [-0.15, -0.1) is 12.6 Å². The van der Waals surface area contributed by atoms with Crippen LogP contribution in [0.1, 0.15) is 17.3 Å². The van der Waals surface area contributed by atoms with E-state index in [1.807, 2.05) is 6.92 Å². The number of likely N-dealkylation sites (N-methyl/N-ethyl adjacent to an activating group) is 1. The summed E-state index contributed by atoms with van der Waals surface area (Å²) < 4.78 is 18.0. The molecule has 0 atom stereocenters. The number of thiol groups is 1. The van der Waals surface area contributed by atoms with Crippen LogP contribution in [0.3, 0.4) is 0 Å². The molecular formula is C12H16FNO2S. The summed E-state index contributed by atoms with van der Waals surface area (Å²) in [4.78, 5) is 13.9. The zero-order chi connectivity index (χ0) is 12.8. The molecule has 0 heterocycles. The van der Waals surface area contributed by atoms with E-state index in [0.717, 1.165) is 0 Å². The van der Waals surface area contributed by atoms with Crippen LogP contribution in [-0.2, 0) is 4.74 Å². The maximum Gasteiger partial charge on any atom is 0.253 e. The predicted molar refractivity (Wildman–Crippen MR) is 67.1 cm³/mol. The van der Waals surface area contributed by atoms with Gasteiger partial charge in [0.05, 0.1) is 6.61 Å². The highest BCUT2D eigenvalue weighted by molar-refractivity contribution is 7.80. The van der Waals surface area contributed by atoms with Crippen LogP contribution in [-0.4, -0.2) is 37.6 Å². The van der Waals surface area contributed by atoms with E-state index in [4.69, 9.17) is 4.74 Å². The lowest BCUT2D eigenvalue weighted by molar-refractivity contribution is 0.0706. The van der Waals surface area contributed by atoms with Crippen molar-refractivity contribution in [2.24, 2.45) is 0 Å². The Balaban J connectivity index is 2.82. The van der Waals surface area contributed by atoms with Crippen LogP contribution in [0.2, 0.25) is 0 Å². The minimum Gasteiger partial charge on any atom is -0.383 e. The molecular weight excluding hydrogens is 241 g/mol. The standard InChI is InChI=1S/C12H16FNO2S/c1-3-14(6-7-16-2)12(15)9-4-5-10(13)11(17)8-9/h4-5,8,17H,3,6-7H2,1-2H3. The maximum atomic E-state index is 13.0. The van der Waals surface area contributed by atoms with Crippen LogP contribution in [0.4, 0.5) is 4.39 Å². The van der Waals surface area contributed by atoms with Gasteiger partial charge in [-0.3, -0.25) is 4.79 Å². The third-order valence-electron chi connectivity index (χ3n) is 2.43. The monoisotopic (exact) mass is 257 g/mol. The average molecular weight is 257 g/mol. The van der Waals surface area contributed by atoms with Crippen molar-refractivity contribution in [2.45, 2.75) is 11.8 Å². The maximum absolute atomic E-state index is 13.0. The molecule has 0 aliphatic carbocycles. The van der Waals surface area contributed by atoms with Gasteiger partial charge in [0.1, 0.15) is 5.82 Å². The summed E-state index contributed by atoms with van der Waals surface area (Å²) in [6.45, 7) is 3.47. The van der Waals surface area contributed by atoms with E-state index < -0.39 is 5.82 Å². The third-order valence-corrected chi connectivity index (χ3v) is 2.77. The SMILES string of the molecule is CCN(CCOC)C(=O)c1ccc(F)c(S)c1. The molecule has 3 nitrogen and oxygen atoms in total. The highest BCUT2D eigenvalue weighted by Gasteiger charge is 2.14. The van der Waals surface area contributed by atoms with Gasteiger partial charge in [-0.25, -0.2) is 4.39 Å². The fourth-order valence-electron chi connectivity index (χ4n) is 1.43. The Labute approximate surface area is 106 Å². The molecule has 1 aromatic carbocycles. The molecule has 0 saturated heterocycles. The number of hydrogen-bond donors (Lipinski definition) is 1. The molecule has 0 bridgehead atoms. The Morgan fingerprint density at radius 1 is 1.53 bits per heavy atom. The lowest BCUT2D eigenvalue weighted by Gasteiger charge is -2.20. The molecule has 0 aliphatic heterocycles. The highest BCUT2D eigenvalue weighted by atomic mass is 32.1. The second kappa shape index (κ2) is 6.61. The number of benzene rings is 1. The summed E-state index contributed by atoms with van der Waals surface area (Å²) in [7, 11) is 1.59. The molecule has 94 valence electrons. The van der Waals surface area contributed by atoms with E-state index in [1.54, 1.807) is 12.0 Å². The van der Waals surface area contributed by atoms with E-state index >= 15 is 0 Å². The quantitative estimate of drug-likeness (QED) is 0.820. The Hall–Kier alpha value is -1.07. The van der Waals surface area contributed by atoms with Gasteiger partial charge in [-0.1, -0.05) is 0 Å². The molecule has 0 aromatic heterocycles. The fraction of sp³-hybridized carbons (Fsp3) is 0.417. The van der Waals surface area contributed by atoms with Gasteiger partial charge < -0.3 is 9.64 Å². The smallest absolute Gasteiger partial charge is 0.253 e. The molecule has 1 aromatic rings. The molecule has 1 rings (SSSR count). The van der Waals surface area contributed by atoms with Gasteiger partial charge in [0.15, 0.2) is 0 Å². The first kappa shape index (κ1) is 14.0. The fourth-order valence-corrected chi connectivity index (χ4v) is 1.65. The number of carbonyl (C=O) groups is 1. The van der Waals surface area contributed by atoms with Crippen LogP contribution in [0.25, 0.3) is 0 Å². The molecule has 1 amide bonds. The van der Waals surface area contributed by atoms with Gasteiger partial charge >= 0.3 is 0 Å². The molecule has 5 heteroatoms. The average Bonchev–Trinajstić information content (AvgIpc) is 2.33. The Kier molecular flexibility index (Phi) is 5.44. The van der Waals surface area contributed by atoms with E-state index in [1.165, 1.54) is 18.2 Å². The van der Waals surface area contributed by atoms with Crippen molar-refractivity contribution in [1.82, 2.24) is 4.90 Å². The number of carbonyl (C=O) groups excluding carboxylic acids is 1. The molecule has 0 radical (unpaired) electrons. The predicted octanol–water partition coefficient (Wildman–Crippen LogP) is 2.22. The topological polar surface area (TPSA) is 29.5 Å². The summed E-state index contributed by atoms with van der Waals surface area (Å²) in [5.41, 5.74) is 0.439. The lowest BCUT2D eigenvalue weighted by atomic mass is 10.2. The minimum atomic E-state index is -0.426.